The van der Waals surface area contributed by atoms with Gasteiger partial charge in [-0.05, 0) is 18.6 Å². The molecular weight excluding hydrogens is 317 g/mol. The Morgan fingerprint density at radius 2 is 1.90 bits per heavy atom. The Labute approximate surface area is 131 Å². The fraction of sp³-hybridized carbons (Fsp3) is 0.286. The molecular formula is C14H13Cl2NO4. The lowest BCUT2D eigenvalue weighted by Gasteiger charge is -2.13. The minimum atomic E-state index is -0.904. The van der Waals surface area contributed by atoms with E-state index in [2.05, 4.69) is 5.32 Å². The van der Waals surface area contributed by atoms with Crippen LogP contribution in [0, 0.1) is 5.92 Å². The van der Waals surface area contributed by atoms with Crippen molar-refractivity contribution >= 4 is 35.1 Å². The molecule has 2 rings (SSSR count). The molecule has 0 bridgehead atoms. The van der Waals surface area contributed by atoms with Gasteiger partial charge in [0.05, 0.1) is 23.1 Å². The van der Waals surface area contributed by atoms with Crippen molar-refractivity contribution in [1.29, 1.82) is 0 Å². The first kappa shape index (κ1) is 15.7. The zero-order valence-corrected chi connectivity index (χ0v) is 12.6. The molecule has 0 aliphatic heterocycles. The van der Waals surface area contributed by atoms with Crippen LogP contribution in [-0.4, -0.2) is 30.1 Å². The molecule has 1 aromatic rings. The maximum Gasteiger partial charge on any atom is 0.310 e. The number of benzene rings is 1. The van der Waals surface area contributed by atoms with E-state index >= 15 is 0 Å². The molecule has 0 spiro atoms. The summed E-state index contributed by atoms with van der Waals surface area (Å²) in [4.78, 5) is 23.0. The fourth-order valence-electron chi connectivity index (χ4n) is 2.13. The summed E-state index contributed by atoms with van der Waals surface area (Å²) in [6.45, 7) is 0. The van der Waals surface area contributed by atoms with Gasteiger partial charge in [0.25, 0.3) is 5.91 Å². The van der Waals surface area contributed by atoms with Crippen molar-refractivity contribution in [2.75, 3.05) is 7.11 Å². The second kappa shape index (κ2) is 6.37. The molecule has 1 aliphatic carbocycles. The van der Waals surface area contributed by atoms with E-state index < -0.39 is 11.9 Å². The molecule has 0 saturated carbocycles. The molecule has 7 heteroatoms. The maximum atomic E-state index is 12.1. The van der Waals surface area contributed by atoms with E-state index in [1.807, 2.05) is 0 Å². The minimum absolute atomic E-state index is 0.237. The van der Waals surface area contributed by atoms with Crippen LogP contribution in [0.3, 0.4) is 0 Å². The largest absolute Gasteiger partial charge is 0.494 e. The second-order valence-electron chi connectivity index (χ2n) is 4.62. The van der Waals surface area contributed by atoms with Crippen LogP contribution in [0.25, 0.3) is 0 Å². The Hall–Kier alpha value is -1.72. The number of nitrogens with one attached hydrogen (secondary N) is 1. The molecule has 5 nitrogen and oxygen atoms in total. The molecule has 2 unspecified atom stereocenters. The van der Waals surface area contributed by atoms with Gasteiger partial charge in [-0.3, -0.25) is 9.59 Å². The van der Waals surface area contributed by atoms with E-state index in [1.54, 1.807) is 12.2 Å². The Morgan fingerprint density at radius 3 is 2.38 bits per heavy atom. The summed E-state index contributed by atoms with van der Waals surface area (Å²) < 4.78 is 5.01. The second-order valence-corrected chi connectivity index (χ2v) is 5.43. The Bertz CT molecular complexity index is 592. The highest BCUT2D eigenvalue weighted by Crippen LogP contribution is 2.33. The summed E-state index contributed by atoms with van der Waals surface area (Å²) >= 11 is 12.0. The third kappa shape index (κ3) is 3.49. The highest BCUT2D eigenvalue weighted by molar-refractivity contribution is 6.37. The molecule has 21 heavy (non-hydrogen) atoms. The molecule has 2 atom stereocenters. The molecule has 0 saturated heterocycles. The predicted molar refractivity (Wildman–Crippen MR) is 79.2 cm³/mol. The van der Waals surface area contributed by atoms with E-state index in [1.165, 1.54) is 19.2 Å². The SMILES string of the molecule is COc1c(Cl)cc(C(=O)NC2C=CC(C(=O)O)C2)cc1Cl. The summed E-state index contributed by atoms with van der Waals surface area (Å²) in [7, 11) is 1.43. The number of rotatable bonds is 4. The topological polar surface area (TPSA) is 75.6 Å². The number of carbonyl (C=O) groups excluding carboxylic acids is 1. The van der Waals surface area contributed by atoms with Crippen LogP contribution in [0.5, 0.6) is 5.75 Å². The normalized spacial score (nSPS) is 20.3. The quantitative estimate of drug-likeness (QED) is 0.833. The van der Waals surface area contributed by atoms with Gasteiger partial charge in [0.2, 0.25) is 0 Å². The molecule has 0 aromatic heterocycles. The molecule has 0 fully saturated rings. The third-order valence-corrected chi connectivity index (χ3v) is 3.74. The average molecular weight is 330 g/mol. The molecule has 0 radical (unpaired) electrons. The smallest absolute Gasteiger partial charge is 0.310 e. The van der Waals surface area contributed by atoms with Gasteiger partial charge in [-0.15, -0.1) is 0 Å². The van der Waals surface area contributed by atoms with Gasteiger partial charge in [-0.1, -0.05) is 35.4 Å². The monoisotopic (exact) mass is 329 g/mol. The van der Waals surface area contributed by atoms with E-state index in [-0.39, 0.29) is 27.6 Å². The number of methoxy groups -OCH3 is 1. The van der Waals surface area contributed by atoms with Crippen molar-refractivity contribution in [2.45, 2.75) is 12.5 Å². The number of hydrogen-bond donors (Lipinski definition) is 2. The maximum absolute atomic E-state index is 12.1. The van der Waals surface area contributed by atoms with E-state index in [9.17, 15) is 9.59 Å². The average Bonchev–Trinajstić information content (AvgIpc) is 2.87. The Morgan fingerprint density at radius 1 is 1.29 bits per heavy atom. The van der Waals surface area contributed by atoms with Gasteiger partial charge in [0.15, 0.2) is 5.75 Å². The van der Waals surface area contributed by atoms with E-state index in [0.717, 1.165) is 0 Å². The number of amides is 1. The standard InChI is InChI=1S/C14H13Cl2NO4/c1-21-12-10(15)5-8(6-11(12)16)13(18)17-9-3-2-7(4-9)14(19)20/h2-3,5-7,9H,4H2,1H3,(H,17,18)(H,19,20). The number of hydrogen-bond acceptors (Lipinski definition) is 3. The van der Waals surface area contributed by atoms with Crippen LogP contribution in [0.2, 0.25) is 10.0 Å². The van der Waals surface area contributed by atoms with Crippen molar-refractivity contribution in [3.05, 3.63) is 39.9 Å². The number of carbonyl (C=O) groups is 2. The highest BCUT2D eigenvalue weighted by atomic mass is 35.5. The summed E-state index contributed by atoms with van der Waals surface area (Å²) in [5, 5.41) is 12.1. The van der Waals surface area contributed by atoms with E-state index in [0.29, 0.717) is 12.2 Å². The lowest BCUT2D eigenvalue weighted by Crippen LogP contribution is -2.33. The van der Waals surface area contributed by atoms with Crippen LogP contribution in [-0.2, 0) is 4.79 Å². The van der Waals surface area contributed by atoms with Gasteiger partial charge < -0.3 is 15.2 Å². The van der Waals surface area contributed by atoms with Crippen molar-refractivity contribution in [3.63, 3.8) is 0 Å². The van der Waals surface area contributed by atoms with Crippen LogP contribution in [0.4, 0.5) is 0 Å². The zero-order valence-electron chi connectivity index (χ0n) is 11.1. The summed E-state index contributed by atoms with van der Waals surface area (Å²) in [5.41, 5.74) is 0.290. The first-order valence-electron chi connectivity index (χ1n) is 6.17. The van der Waals surface area contributed by atoms with Gasteiger partial charge in [0, 0.05) is 11.6 Å². The van der Waals surface area contributed by atoms with Gasteiger partial charge >= 0.3 is 5.97 Å². The van der Waals surface area contributed by atoms with Crippen molar-refractivity contribution in [1.82, 2.24) is 5.32 Å². The van der Waals surface area contributed by atoms with E-state index in [4.69, 9.17) is 33.0 Å². The number of halogens is 2. The first-order valence-corrected chi connectivity index (χ1v) is 6.93. The van der Waals surface area contributed by atoms with Gasteiger partial charge in [-0.25, -0.2) is 0 Å². The van der Waals surface area contributed by atoms with Crippen LogP contribution < -0.4 is 10.1 Å². The lowest BCUT2D eigenvalue weighted by atomic mass is 10.1. The molecule has 1 aromatic carbocycles. The summed E-state index contributed by atoms with van der Waals surface area (Å²) in [5.74, 6) is -1.54. The van der Waals surface area contributed by atoms with Crippen molar-refractivity contribution in [2.24, 2.45) is 5.92 Å². The lowest BCUT2D eigenvalue weighted by molar-refractivity contribution is -0.140. The third-order valence-electron chi connectivity index (χ3n) is 3.18. The summed E-state index contributed by atoms with van der Waals surface area (Å²) in [6.07, 6.45) is 3.57. The molecule has 1 amide bonds. The van der Waals surface area contributed by atoms with Gasteiger partial charge in [0.1, 0.15) is 0 Å². The zero-order chi connectivity index (χ0) is 15.6. The fourth-order valence-corrected chi connectivity index (χ4v) is 2.77. The Balaban J connectivity index is 2.08. The highest BCUT2D eigenvalue weighted by Gasteiger charge is 2.26. The number of ether oxygens (including phenoxy) is 1. The van der Waals surface area contributed by atoms with Crippen molar-refractivity contribution < 1.29 is 19.4 Å². The minimum Gasteiger partial charge on any atom is -0.494 e. The number of carboxylic acid groups (broad SMARTS) is 1. The predicted octanol–water partition coefficient (Wildman–Crippen LogP) is 2.76. The van der Waals surface area contributed by atoms with Crippen molar-refractivity contribution in [3.8, 4) is 5.75 Å². The molecule has 1 aliphatic rings. The molecule has 112 valence electrons. The Kier molecular flexibility index (Phi) is 4.75. The summed E-state index contributed by atoms with van der Waals surface area (Å²) in [6, 6.07) is 2.59. The first-order chi connectivity index (χ1) is 9.92. The van der Waals surface area contributed by atoms with Crippen LogP contribution in [0.1, 0.15) is 16.8 Å². The van der Waals surface area contributed by atoms with Crippen LogP contribution in [0.15, 0.2) is 24.3 Å². The number of carboxylic acids is 1. The molecule has 0 heterocycles. The molecule has 2 N–H and O–H groups in total. The van der Waals surface area contributed by atoms with Gasteiger partial charge in [-0.2, -0.15) is 0 Å². The number of aliphatic carboxylic acids is 1. The van der Waals surface area contributed by atoms with Crippen LogP contribution >= 0.6 is 23.2 Å².